The number of thioether (sulfide) groups is 1. The summed E-state index contributed by atoms with van der Waals surface area (Å²) in [4.78, 5) is 11.6. The molecule has 146 valence electrons. The Balaban J connectivity index is 2.02. The molecule has 1 aromatic heterocycles. The molecule has 1 heterocycles. The highest BCUT2D eigenvalue weighted by atomic mass is 35.5. The summed E-state index contributed by atoms with van der Waals surface area (Å²) in [5, 5.41) is 13.1. The summed E-state index contributed by atoms with van der Waals surface area (Å²) >= 11 is 7.88. The van der Waals surface area contributed by atoms with Crippen molar-refractivity contribution in [3.63, 3.8) is 0 Å². The van der Waals surface area contributed by atoms with Crippen molar-refractivity contribution in [1.82, 2.24) is 20.1 Å². The quantitative estimate of drug-likeness (QED) is 0.575. The lowest BCUT2D eigenvalue weighted by atomic mass is 10.1. The fourth-order valence-electron chi connectivity index (χ4n) is 2.99. The predicted octanol–water partition coefficient (Wildman–Crippen LogP) is 5.03. The van der Waals surface area contributed by atoms with Crippen LogP contribution < -0.4 is 5.32 Å². The highest BCUT2D eigenvalue weighted by Gasteiger charge is 2.21. The van der Waals surface area contributed by atoms with E-state index in [0.717, 1.165) is 22.2 Å². The minimum atomic E-state index is -0.281. The highest BCUT2D eigenvalue weighted by Crippen LogP contribution is 2.30. The van der Waals surface area contributed by atoms with Crippen LogP contribution in [0.15, 0.2) is 47.6 Å². The molecule has 3 rings (SSSR count). The molecule has 0 bridgehead atoms. The third-order valence-electron chi connectivity index (χ3n) is 4.50. The molecule has 0 spiro atoms. The van der Waals surface area contributed by atoms with Crippen LogP contribution in [0.25, 0.3) is 5.69 Å². The SMILES string of the molecule is CC(=O)N[C@@H](C)c1nnc(SCc2ccccc2C)n1-c1cc(Cl)ccc1C. The number of aromatic nitrogens is 3. The first-order valence-electron chi connectivity index (χ1n) is 9.03. The first-order valence-corrected chi connectivity index (χ1v) is 10.4. The number of hydrogen-bond acceptors (Lipinski definition) is 4. The van der Waals surface area contributed by atoms with Crippen molar-refractivity contribution >= 4 is 29.3 Å². The summed E-state index contributed by atoms with van der Waals surface area (Å²) in [6.45, 7) is 7.52. The number of amides is 1. The van der Waals surface area contributed by atoms with E-state index in [9.17, 15) is 4.79 Å². The average Bonchev–Trinajstić information content (AvgIpc) is 3.06. The molecule has 28 heavy (non-hydrogen) atoms. The summed E-state index contributed by atoms with van der Waals surface area (Å²) in [5.41, 5.74) is 4.46. The van der Waals surface area contributed by atoms with Crippen molar-refractivity contribution in [2.45, 2.75) is 44.6 Å². The van der Waals surface area contributed by atoms with Gasteiger partial charge in [-0.3, -0.25) is 9.36 Å². The number of aryl methyl sites for hydroxylation is 2. The summed E-state index contributed by atoms with van der Waals surface area (Å²) in [7, 11) is 0. The Bertz CT molecular complexity index is 1000. The average molecular weight is 415 g/mol. The van der Waals surface area contributed by atoms with Crippen molar-refractivity contribution < 1.29 is 4.79 Å². The van der Waals surface area contributed by atoms with Crippen LogP contribution in [-0.4, -0.2) is 20.7 Å². The van der Waals surface area contributed by atoms with Gasteiger partial charge in [0, 0.05) is 17.7 Å². The molecule has 0 aliphatic heterocycles. The lowest BCUT2D eigenvalue weighted by Gasteiger charge is -2.17. The molecule has 0 aliphatic rings. The maximum Gasteiger partial charge on any atom is 0.217 e. The van der Waals surface area contributed by atoms with Crippen LogP contribution in [0.2, 0.25) is 5.02 Å². The second-order valence-corrected chi connectivity index (χ2v) is 8.12. The molecule has 2 aromatic carbocycles. The van der Waals surface area contributed by atoms with Crippen LogP contribution in [0.5, 0.6) is 0 Å². The fraction of sp³-hybridized carbons (Fsp3) is 0.286. The van der Waals surface area contributed by atoms with Gasteiger partial charge in [0.05, 0.1) is 11.7 Å². The topological polar surface area (TPSA) is 59.8 Å². The van der Waals surface area contributed by atoms with Gasteiger partial charge < -0.3 is 5.32 Å². The van der Waals surface area contributed by atoms with E-state index in [1.165, 1.54) is 18.1 Å². The van der Waals surface area contributed by atoms with Crippen LogP contribution in [0.4, 0.5) is 0 Å². The Morgan fingerprint density at radius 3 is 2.64 bits per heavy atom. The van der Waals surface area contributed by atoms with E-state index in [-0.39, 0.29) is 11.9 Å². The number of rotatable bonds is 6. The van der Waals surface area contributed by atoms with Crippen molar-refractivity contribution in [1.29, 1.82) is 0 Å². The van der Waals surface area contributed by atoms with Gasteiger partial charge in [-0.05, 0) is 49.6 Å². The maximum absolute atomic E-state index is 11.6. The van der Waals surface area contributed by atoms with Gasteiger partial charge in [-0.2, -0.15) is 0 Å². The minimum Gasteiger partial charge on any atom is -0.347 e. The van der Waals surface area contributed by atoms with Gasteiger partial charge in [-0.1, -0.05) is 53.7 Å². The summed E-state index contributed by atoms with van der Waals surface area (Å²) in [6, 6.07) is 13.8. The molecule has 1 N–H and O–H groups in total. The maximum atomic E-state index is 11.6. The molecule has 0 saturated heterocycles. The molecule has 1 amide bonds. The minimum absolute atomic E-state index is 0.112. The van der Waals surface area contributed by atoms with Crippen LogP contribution in [0.3, 0.4) is 0 Å². The first-order chi connectivity index (χ1) is 13.4. The number of nitrogens with one attached hydrogen (secondary N) is 1. The van der Waals surface area contributed by atoms with Crippen LogP contribution >= 0.6 is 23.4 Å². The normalized spacial score (nSPS) is 12.0. The smallest absolute Gasteiger partial charge is 0.217 e. The monoisotopic (exact) mass is 414 g/mol. The van der Waals surface area contributed by atoms with Gasteiger partial charge in [0.15, 0.2) is 11.0 Å². The van der Waals surface area contributed by atoms with Gasteiger partial charge in [0.1, 0.15) is 0 Å². The Hall–Kier alpha value is -2.31. The number of carbonyl (C=O) groups is 1. The zero-order valence-electron chi connectivity index (χ0n) is 16.4. The zero-order chi connectivity index (χ0) is 20.3. The third-order valence-corrected chi connectivity index (χ3v) is 5.71. The zero-order valence-corrected chi connectivity index (χ0v) is 17.9. The van der Waals surface area contributed by atoms with Gasteiger partial charge >= 0.3 is 0 Å². The second-order valence-electron chi connectivity index (χ2n) is 6.74. The molecule has 0 radical (unpaired) electrons. The standard InChI is InChI=1S/C21H23ClN4OS/c1-13-7-5-6-8-17(13)12-28-21-25-24-20(15(3)23-16(4)27)26(21)19-11-18(22)10-9-14(19)2/h5-11,15H,12H2,1-4H3,(H,23,27)/t15-/m0/s1. The highest BCUT2D eigenvalue weighted by molar-refractivity contribution is 7.98. The number of halogens is 1. The summed E-state index contributed by atoms with van der Waals surface area (Å²) < 4.78 is 1.99. The van der Waals surface area contributed by atoms with Crippen molar-refractivity contribution in [3.8, 4) is 5.69 Å². The first kappa shape index (κ1) is 20.4. The van der Waals surface area contributed by atoms with Crippen LogP contribution in [0.1, 0.15) is 42.4 Å². The summed E-state index contributed by atoms with van der Waals surface area (Å²) in [5.74, 6) is 1.34. The van der Waals surface area contributed by atoms with Crippen LogP contribution in [0, 0.1) is 13.8 Å². The second kappa shape index (κ2) is 8.80. The molecule has 1 atom stereocenters. The molecular weight excluding hydrogens is 392 g/mol. The van der Waals surface area contributed by atoms with E-state index in [4.69, 9.17) is 11.6 Å². The van der Waals surface area contributed by atoms with E-state index < -0.39 is 0 Å². The van der Waals surface area contributed by atoms with Crippen molar-refractivity contribution in [3.05, 3.63) is 70.0 Å². The Morgan fingerprint density at radius 2 is 1.93 bits per heavy atom. The van der Waals surface area contributed by atoms with Crippen LogP contribution in [-0.2, 0) is 10.5 Å². The largest absolute Gasteiger partial charge is 0.347 e. The lowest BCUT2D eigenvalue weighted by molar-refractivity contribution is -0.119. The van der Waals surface area contributed by atoms with Gasteiger partial charge in [0.2, 0.25) is 5.91 Å². The third kappa shape index (κ3) is 4.56. The number of benzene rings is 2. The number of hydrogen-bond donors (Lipinski definition) is 1. The van der Waals surface area contributed by atoms with E-state index in [1.807, 2.05) is 48.7 Å². The lowest BCUT2D eigenvalue weighted by Crippen LogP contribution is -2.26. The number of nitrogens with zero attached hydrogens (tertiary/aromatic N) is 3. The van der Waals surface area contributed by atoms with Gasteiger partial charge in [-0.25, -0.2) is 0 Å². The Labute approximate surface area is 174 Å². The molecule has 3 aromatic rings. The molecule has 0 unspecified atom stereocenters. The molecule has 7 heteroatoms. The van der Waals surface area contributed by atoms with Crippen molar-refractivity contribution in [2.75, 3.05) is 0 Å². The molecular formula is C21H23ClN4OS. The predicted molar refractivity (Wildman–Crippen MR) is 114 cm³/mol. The molecule has 5 nitrogen and oxygen atoms in total. The molecule has 0 fully saturated rings. The molecule has 0 aliphatic carbocycles. The fourth-order valence-corrected chi connectivity index (χ4v) is 4.18. The Kier molecular flexibility index (Phi) is 6.42. The van der Waals surface area contributed by atoms with E-state index in [2.05, 4.69) is 34.6 Å². The summed E-state index contributed by atoms with van der Waals surface area (Å²) in [6.07, 6.45) is 0. The van der Waals surface area contributed by atoms with E-state index in [0.29, 0.717) is 10.8 Å². The number of carbonyl (C=O) groups excluding carboxylic acids is 1. The van der Waals surface area contributed by atoms with Crippen molar-refractivity contribution in [2.24, 2.45) is 0 Å². The Morgan fingerprint density at radius 1 is 1.18 bits per heavy atom. The van der Waals surface area contributed by atoms with E-state index in [1.54, 1.807) is 11.8 Å². The van der Waals surface area contributed by atoms with E-state index >= 15 is 0 Å². The van der Waals surface area contributed by atoms with Gasteiger partial charge in [-0.15, -0.1) is 10.2 Å². The molecule has 0 saturated carbocycles. The van der Waals surface area contributed by atoms with Gasteiger partial charge in [0.25, 0.3) is 0 Å².